The highest BCUT2D eigenvalue weighted by Gasteiger charge is 2.18. The van der Waals surface area contributed by atoms with E-state index in [0.29, 0.717) is 29.6 Å². The molecule has 0 saturated heterocycles. The fraction of sp³-hybridized carbons (Fsp3) is 0.238. The number of carbonyl (C=O) groups is 1. The number of benzene rings is 2. The lowest BCUT2D eigenvalue weighted by atomic mass is 10.1. The molecular weight excluding hydrogens is 419 g/mol. The molecule has 1 heterocycles. The molecule has 3 aromatic rings. The number of nitrogens with zero attached hydrogens (tertiary/aromatic N) is 2. The van der Waals surface area contributed by atoms with Gasteiger partial charge >= 0.3 is 0 Å². The van der Waals surface area contributed by atoms with E-state index in [-0.39, 0.29) is 6.54 Å². The van der Waals surface area contributed by atoms with E-state index in [2.05, 4.69) is 10.5 Å². The van der Waals surface area contributed by atoms with E-state index in [1.54, 1.807) is 23.1 Å². The molecule has 0 saturated carbocycles. The number of aromatic nitrogens is 1. The molecule has 0 bridgehead atoms. The van der Waals surface area contributed by atoms with Crippen LogP contribution in [0.25, 0.3) is 11.3 Å². The van der Waals surface area contributed by atoms with Crippen LogP contribution in [0.15, 0.2) is 47.0 Å². The van der Waals surface area contributed by atoms with Crippen LogP contribution in [0.5, 0.6) is 0 Å². The van der Waals surface area contributed by atoms with E-state index < -0.39 is 29.0 Å². The second-order valence-electron chi connectivity index (χ2n) is 6.67. The Labute approximate surface area is 176 Å². The van der Waals surface area contributed by atoms with Crippen molar-refractivity contribution in [3.63, 3.8) is 0 Å². The first-order chi connectivity index (χ1) is 14.4. The first-order valence-electron chi connectivity index (χ1n) is 9.24. The highest BCUT2D eigenvalue weighted by molar-refractivity contribution is 6.30. The van der Waals surface area contributed by atoms with Crippen molar-refractivity contribution < 1.29 is 22.5 Å². The summed E-state index contributed by atoms with van der Waals surface area (Å²) in [6, 6.07) is 10.6. The molecule has 0 aliphatic heterocycles. The van der Waals surface area contributed by atoms with Crippen LogP contribution in [0.1, 0.15) is 19.1 Å². The Kier molecular flexibility index (Phi) is 7.12. The molecule has 0 spiro atoms. The molecule has 0 unspecified atom stereocenters. The molecule has 5 nitrogen and oxygen atoms in total. The highest BCUT2D eigenvalue weighted by atomic mass is 35.5. The van der Waals surface area contributed by atoms with Crippen molar-refractivity contribution in [2.45, 2.75) is 19.9 Å². The summed E-state index contributed by atoms with van der Waals surface area (Å²) in [5, 5.41) is 6.91. The van der Waals surface area contributed by atoms with Gasteiger partial charge in [-0.1, -0.05) is 35.8 Å². The van der Waals surface area contributed by atoms with E-state index in [9.17, 15) is 18.0 Å². The summed E-state index contributed by atoms with van der Waals surface area (Å²) in [6.07, 6.45) is 0.755. The van der Waals surface area contributed by atoms with Crippen LogP contribution in [0.4, 0.5) is 18.9 Å². The molecule has 158 valence electrons. The molecule has 1 N–H and O–H groups in total. The zero-order valence-electron chi connectivity index (χ0n) is 16.1. The third-order valence-corrected chi connectivity index (χ3v) is 4.55. The van der Waals surface area contributed by atoms with E-state index >= 15 is 0 Å². The summed E-state index contributed by atoms with van der Waals surface area (Å²) in [7, 11) is 0. The van der Waals surface area contributed by atoms with Gasteiger partial charge in [0.05, 0.1) is 18.8 Å². The molecule has 0 aliphatic carbocycles. The molecule has 30 heavy (non-hydrogen) atoms. The van der Waals surface area contributed by atoms with Crippen molar-refractivity contribution in [2.24, 2.45) is 0 Å². The number of rotatable bonds is 8. The van der Waals surface area contributed by atoms with Crippen LogP contribution >= 0.6 is 11.6 Å². The minimum atomic E-state index is -1.63. The predicted molar refractivity (Wildman–Crippen MR) is 107 cm³/mol. The van der Waals surface area contributed by atoms with Crippen LogP contribution in [0, 0.1) is 17.5 Å². The fourth-order valence-electron chi connectivity index (χ4n) is 2.91. The maximum atomic E-state index is 13.8. The van der Waals surface area contributed by atoms with Crippen LogP contribution in [-0.2, 0) is 11.3 Å². The average Bonchev–Trinajstić information content (AvgIpc) is 3.17. The van der Waals surface area contributed by atoms with Gasteiger partial charge in [0, 0.05) is 16.7 Å². The molecule has 2 aromatic carbocycles. The number of carbonyl (C=O) groups excluding carboxylic acids is 1. The molecule has 0 radical (unpaired) electrons. The monoisotopic (exact) mass is 437 g/mol. The third kappa shape index (κ3) is 5.40. The standard InChI is InChI=1S/C21H19ClF3N3O2/c1-2-9-28(12-19(29)26-17-8-7-16(23)20(24)21(17)25)11-15-10-18(27-30-15)13-3-5-14(22)6-4-13/h3-8,10H,2,9,11-12H2,1H3,(H,26,29). The number of anilines is 1. The Hall–Kier alpha value is -2.84. The van der Waals surface area contributed by atoms with Crippen LogP contribution in [0.2, 0.25) is 5.02 Å². The second-order valence-corrected chi connectivity index (χ2v) is 7.10. The summed E-state index contributed by atoms with van der Waals surface area (Å²) in [6.45, 7) is 2.70. The number of hydrogen-bond acceptors (Lipinski definition) is 4. The minimum Gasteiger partial charge on any atom is -0.359 e. The topological polar surface area (TPSA) is 58.4 Å². The Morgan fingerprint density at radius 1 is 1.13 bits per heavy atom. The lowest BCUT2D eigenvalue weighted by Gasteiger charge is -2.19. The van der Waals surface area contributed by atoms with Crippen LogP contribution < -0.4 is 5.32 Å². The molecule has 0 atom stereocenters. The van der Waals surface area contributed by atoms with Gasteiger partial charge in [0.15, 0.2) is 23.2 Å². The zero-order valence-corrected chi connectivity index (χ0v) is 16.8. The van der Waals surface area contributed by atoms with Crippen molar-refractivity contribution in [3.8, 4) is 11.3 Å². The van der Waals surface area contributed by atoms with Crippen molar-refractivity contribution in [1.29, 1.82) is 0 Å². The van der Waals surface area contributed by atoms with Gasteiger partial charge < -0.3 is 9.84 Å². The van der Waals surface area contributed by atoms with Crippen molar-refractivity contribution in [2.75, 3.05) is 18.4 Å². The van der Waals surface area contributed by atoms with Gasteiger partial charge in [0.2, 0.25) is 5.91 Å². The maximum Gasteiger partial charge on any atom is 0.238 e. The van der Waals surface area contributed by atoms with E-state index in [1.807, 2.05) is 19.1 Å². The summed E-state index contributed by atoms with van der Waals surface area (Å²) in [5.41, 5.74) is 1.05. The SMILES string of the molecule is CCCN(CC(=O)Nc1ccc(F)c(F)c1F)Cc1cc(-c2ccc(Cl)cc2)no1. The van der Waals surface area contributed by atoms with Gasteiger partial charge in [-0.3, -0.25) is 9.69 Å². The summed E-state index contributed by atoms with van der Waals surface area (Å²) in [4.78, 5) is 14.1. The molecule has 3 rings (SSSR count). The first kappa shape index (κ1) is 21.9. The molecule has 9 heteroatoms. The quantitative estimate of drug-likeness (QED) is 0.488. The largest absolute Gasteiger partial charge is 0.359 e. The molecule has 0 fully saturated rings. The Morgan fingerprint density at radius 2 is 1.87 bits per heavy atom. The molecule has 1 amide bonds. The Balaban J connectivity index is 1.65. The van der Waals surface area contributed by atoms with Crippen molar-refractivity contribution in [1.82, 2.24) is 10.1 Å². The second kappa shape index (κ2) is 9.77. The summed E-state index contributed by atoms with van der Waals surface area (Å²) >= 11 is 5.89. The number of hydrogen-bond donors (Lipinski definition) is 1. The van der Waals surface area contributed by atoms with Gasteiger partial charge in [-0.25, -0.2) is 13.2 Å². The minimum absolute atomic E-state index is 0.0940. The van der Waals surface area contributed by atoms with Crippen molar-refractivity contribution in [3.05, 3.63) is 70.7 Å². The predicted octanol–water partition coefficient (Wildman–Crippen LogP) is 5.26. The van der Waals surface area contributed by atoms with Crippen LogP contribution in [0.3, 0.4) is 0 Å². The Bertz CT molecular complexity index is 1020. The summed E-state index contributed by atoms with van der Waals surface area (Å²) < 4.78 is 45.5. The fourth-order valence-corrected chi connectivity index (χ4v) is 3.04. The smallest absolute Gasteiger partial charge is 0.238 e. The molecule has 1 aromatic heterocycles. The van der Waals surface area contributed by atoms with Gasteiger partial charge in [0.25, 0.3) is 0 Å². The normalized spacial score (nSPS) is 11.1. The van der Waals surface area contributed by atoms with Gasteiger partial charge in [0.1, 0.15) is 5.69 Å². The Morgan fingerprint density at radius 3 is 2.57 bits per heavy atom. The first-order valence-corrected chi connectivity index (χ1v) is 9.62. The van der Waals surface area contributed by atoms with Gasteiger partial charge in [-0.05, 0) is 37.2 Å². The van der Waals surface area contributed by atoms with E-state index in [4.69, 9.17) is 16.1 Å². The van der Waals surface area contributed by atoms with E-state index in [0.717, 1.165) is 24.1 Å². The number of halogens is 4. The average molecular weight is 438 g/mol. The van der Waals surface area contributed by atoms with Crippen molar-refractivity contribution >= 4 is 23.2 Å². The summed E-state index contributed by atoms with van der Waals surface area (Å²) in [5.74, 6) is -4.41. The van der Waals surface area contributed by atoms with Crippen LogP contribution in [-0.4, -0.2) is 29.1 Å². The lowest BCUT2D eigenvalue weighted by molar-refractivity contribution is -0.117. The maximum absolute atomic E-state index is 13.8. The van der Waals surface area contributed by atoms with E-state index in [1.165, 1.54) is 0 Å². The van der Waals surface area contributed by atoms with Gasteiger partial charge in [-0.15, -0.1) is 0 Å². The molecule has 0 aliphatic rings. The zero-order chi connectivity index (χ0) is 21.7. The lowest BCUT2D eigenvalue weighted by Crippen LogP contribution is -2.33. The molecular formula is C21H19ClF3N3O2. The third-order valence-electron chi connectivity index (χ3n) is 4.29. The number of nitrogens with one attached hydrogen (secondary N) is 1. The van der Waals surface area contributed by atoms with Gasteiger partial charge in [-0.2, -0.15) is 0 Å². The number of amides is 1. The highest BCUT2D eigenvalue weighted by Crippen LogP contribution is 2.22.